The molecule has 0 saturated heterocycles. The van der Waals surface area contributed by atoms with Crippen molar-refractivity contribution in [2.75, 3.05) is 14.2 Å². The number of ether oxygens (including phenoxy) is 2. The monoisotopic (exact) mass is 282 g/mol. The fraction of sp³-hybridized carbons (Fsp3) is 0.167. The Morgan fingerprint density at radius 1 is 1.32 bits per heavy atom. The zero-order valence-electron chi connectivity index (χ0n) is 10.3. The Labute approximate surface area is 114 Å². The van der Waals surface area contributed by atoms with Crippen molar-refractivity contribution < 1.29 is 19.4 Å². The zero-order valence-corrected chi connectivity index (χ0v) is 11.0. The van der Waals surface area contributed by atoms with Crippen molar-refractivity contribution >= 4 is 17.6 Å². The first kappa shape index (κ1) is 13.2. The molecule has 7 heteroatoms. The van der Waals surface area contributed by atoms with Crippen molar-refractivity contribution in [2.24, 2.45) is 0 Å². The average molecular weight is 283 g/mol. The summed E-state index contributed by atoms with van der Waals surface area (Å²) in [6.07, 6.45) is 2.64. The lowest BCUT2D eigenvalue weighted by Gasteiger charge is -2.11. The topological polar surface area (TPSA) is 73.6 Å². The van der Waals surface area contributed by atoms with Crippen molar-refractivity contribution in [2.45, 2.75) is 0 Å². The average Bonchev–Trinajstić information content (AvgIpc) is 2.88. The number of rotatable bonds is 4. The molecular formula is C12H11ClN2O4. The van der Waals surface area contributed by atoms with Crippen molar-refractivity contribution in [1.82, 2.24) is 9.78 Å². The summed E-state index contributed by atoms with van der Waals surface area (Å²) in [5.41, 5.74) is 0.618. The predicted octanol–water partition coefficient (Wildman–Crippen LogP) is 2.24. The van der Waals surface area contributed by atoms with Crippen LogP contribution in [0, 0.1) is 0 Å². The molecule has 100 valence electrons. The molecule has 0 saturated carbocycles. The lowest BCUT2D eigenvalue weighted by molar-refractivity contribution is 0.0697. The molecule has 0 aliphatic carbocycles. The highest BCUT2D eigenvalue weighted by atomic mass is 35.5. The minimum absolute atomic E-state index is 0.0796. The first-order chi connectivity index (χ1) is 9.06. The van der Waals surface area contributed by atoms with E-state index in [1.807, 2.05) is 0 Å². The molecule has 0 aliphatic heterocycles. The maximum Gasteiger partial charge on any atom is 0.338 e. The van der Waals surface area contributed by atoms with Crippen LogP contribution in [0.1, 0.15) is 10.4 Å². The molecule has 0 aliphatic rings. The van der Waals surface area contributed by atoms with Crippen LogP contribution < -0.4 is 9.47 Å². The second-order valence-corrected chi connectivity index (χ2v) is 4.04. The highest BCUT2D eigenvalue weighted by Crippen LogP contribution is 2.34. The van der Waals surface area contributed by atoms with E-state index in [1.165, 1.54) is 31.3 Å². The number of hydrogen-bond acceptors (Lipinski definition) is 4. The van der Waals surface area contributed by atoms with Crippen LogP contribution in [0.25, 0.3) is 5.69 Å². The fourth-order valence-electron chi connectivity index (χ4n) is 1.59. The normalized spacial score (nSPS) is 10.3. The summed E-state index contributed by atoms with van der Waals surface area (Å²) in [5, 5.41) is 13.3. The van der Waals surface area contributed by atoms with Gasteiger partial charge in [0.25, 0.3) is 0 Å². The third kappa shape index (κ3) is 2.48. The van der Waals surface area contributed by atoms with Crippen LogP contribution in [0.15, 0.2) is 24.5 Å². The third-order valence-electron chi connectivity index (χ3n) is 2.53. The van der Waals surface area contributed by atoms with Gasteiger partial charge in [-0.2, -0.15) is 5.10 Å². The van der Waals surface area contributed by atoms with E-state index >= 15 is 0 Å². The Bertz CT molecular complexity index is 624. The minimum Gasteiger partial charge on any atom is -0.495 e. The number of nitrogens with zero attached hydrogens (tertiary/aromatic N) is 2. The molecule has 0 amide bonds. The minimum atomic E-state index is -1.05. The Morgan fingerprint density at radius 3 is 2.53 bits per heavy atom. The molecule has 19 heavy (non-hydrogen) atoms. The molecule has 0 radical (unpaired) electrons. The van der Waals surface area contributed by atoms with Gasteiger partial charge in [0, 0.05) is 18.3 Å². The van der Waals surface area contributed by atoms with Gasteiger partial charge < -0.3 is 14.6 Å². The van der Waals surface area contributed by atoms with Gasteiger partial charge in [-0.25, -0.2) is 9.48 Å². The van der Waals surface area contributed by atoms with E-state index in [4.69, 9.17) is 26.2 Å². The number of hydrogen-bond donors (Lipinski definition) is 1. The van der Waals surface area contributed by atoms with Gasteiger partial charge >= 0.3 is 5.97 Å². The van der Waals surface area contributed by atoms with Gasteiger partial charge in [-0.1, -0.05) is 11.6 Å². The van der Waals surface area contributed by atoms with Gasteiger partial charge in [0.05, 0.1) is 31.0 Å². The molecule has 1 aromatic carbocycles. The van der Waals surface area contributed by atoms with Crippen molar-refractivity contribution in [3.63, 3.8) is 0 Å². The molecule has 2 aromatic rings. The summed E-state index contributed by atoms with van der Waals surface area (Å²) < 4.78 is 11.7. The Balaban J connectivity index is 2.55. The molecular weight excluding hydrogens is 272 g/mol. The van der Waals surface area contributed by atoms with Gasteiger partial charge in [-0.15, -0.1) is 0 Å². The number of aromatic nitrogens is 2. The molecule has 1 N–H and O–H groups in total. The summed E-state index contributed by atoms with van der Waals surface area (Å²) in [4.78, 5) is 10.8. The highest BCUT2D eigenvalue weighted by Gasteiger charge is 2.14. The smallest absolute Gasteiger partial charge is 0.338 e. The van der Waals surface area contributed by atoms with Crippen LogP contribution in [0.5, 0.6) is 11.5 Å². The molecule has 1 aromatic heterocycles. The molecule has 0 bridgehead atoms. The van der Waals surface area contributed by atoms with Gasteiger partial charge in [0.15, 0.2) is 0 Å². The molecule has 6 nitrogen and oxygen atoms in total. The number of benzene rings is 1. The van der Waals surface area contributed by atoms with Crippen molar-refractivity contribution in [3.05, 3.63) is 35.1 Å². The lowest BCUT2D eigenvalue weighted by Crippen LogP contribution is -2.00. The second kappa shape index (κ2) is 5.19. The van der Waals surface area contributed by atoms with E-state index in [1.54, 1.807) is 12.1 Å². The lowest BCUT2D eigenvalue weighted by atomic mass is 10.2. The number of aromatic carboxylic acids is 1. The quantitative estimate of drug-likeness (QED) is 0.931. The molecule has 0 unspecified atom stereocenters. The number of halogens is 1. The predicted molar refractivity (Wildman–Crippen MR) is 68.6 cm³/mol. The van der Waals surface area contributed by atoms with Crippen LogP contribution in [-0.4, -0.2) is 35.1 Å². The Kier molecular flexibility index (Phi) is 3.62. The Hall–Kier alpha value is -2.21. The highest BCUT2D eigenvalue weighted by molar-refractivity contribution is 6.32. The maximum atomic E-state index is 10.8. The van der Waals surface area contributed by atoms with E-state index in [0.29, 0.717) is 22.2 Å². The molecule has 0 spiro atoms. The van der Waals surface area contributed by atoms with Crippen LogP contribution in [-0.2, 0) is 0 Å². The van der Waals surface area contributed by atoms with Crippen LogP contribution in [0.4, 0.5) is 0 Å². The second-order valence-electron chi connectivity index (χ2n) is 3.64. The first-order valence-corrected chi connectivity index (χ1v) is 5.64. The third-order valence-corrected chi connectivity index (χ3v) is 2.83. The van der Waals surface area contributed by atoms with Gasteiger partial charge in [0.1, 0.15) is 17.2 Å². The van der Waals surface area contributed by atoms with Gasteiger partial charge in [0.2, 0.25) is 0 Å². The summed E-state index contributed by atoms with van der Waals surface area (Å²) in [6, 6.07) is 3.21. The SMILES string of the molecule is COc1cc(-n2cc(C(=O)O)cn2)c(OC)cc1Cl. The van der Waals surface area contributed by atoms with E-state index in [9.17, 15) is 4.79 Å². The van der Waals surface area contributed by atoms with Crippen molar-refractivity contribution in [1.29, 1.82) is 0 Å². The van der Waals surface area contributed by atoms with Crippen molar-refractivity contribution in [3.8, 4) is 17.2 Å². The summed E-state index contributed by atoms with van der Waals surface area (Å²) in [7, 11) is 2.98. The number of carboxylic acid groups (broad SMARTS) is 1. The van der Waals surface area contributed by atoms with E-state index in [0.717, 1.165) is 0 Å². The summed E-state index contributed by atoms with van der Waals surface area (Å²) >= 11 is 5.99. The maximum absolute atomic E-state index is 10.8. The van der Waals surface area contributed by atoms with Gasteiger partial charge in [-0.05, 0) is 0 Å². The molecule has 1 heterocycles. The summed E-state index contributed by atoms with van der Waals surface area (Å²) in [5.74, 6) is -0.137. The van der Waals surface area contributed by atoms with Crippen LogP contribution >= 0.6 is 11.6 Å². The molecule has 0 fully saturated rings. The number of methoxy groups -OCH3 is 2. The Morgan fingerprint density at radius 2 is 2.00 bits per heavy atom. The standard InChI is InChI=1S/C12H11ClN2O4/c1-18-10-4-9(11(19-2)3-8(10)13)15-6-7(5-14-15)12(16)17/h3-6H,1-2H3,(H,16,17). The molecule has 0 atom stereocenters. The zero-order chi connectivity index (χ0) is 14.0. The number of carbonyl (C=O) groups is 1. The summed E-state index contributed by atoms with van der Waals surface area (Å²) in [6.45, 7) is 0. The van der Waals surface area contributed by atoms with Crippen LogP contribution in [0.2, 0.25) is 5.02 Å². The first-order valence-electron chi connectivity index (χ1n) is 5.26. The van der Waals surface area contributed by atoms with Crippen LogP contribution in [0.3, 0.4) is 0 Å². The largest absolute Gasteiger partial charge is 0.495 e. The van der Waals surface area contributed by atoms with E-state index in [2.05, 4.69) is 5.10 Å². The fourth-order valence-corrected chi connectivity index (χ4v) is 1.82. The number of carboxylic acids is 1. The molecule has 2 rings (SSSR count). The van der Waals surface area contributed by atoms with Gasteiger partial charge in [-0.3, -0.25) is 0 Å². The van der Waals surface area contributed by atoms with E-state index < -0.39 is 5.97 Å². The van der Waals surface area contributed by atoms with E-state index in [-0.39, 0.29) is 5.56 Å².